The van der Waals surface area contributed by atoms with Crippen molar-refractivity contribution in [2.24, 2.45) is 0 Å². The van der Waals surface area contributed by atoms with Crippen LogP contribution in [-0.2, 0) is 21.5 Å². The molecular formula is C18H14Cl2N2O5S4. The lowest BCUT2D eigenvalue weighted by Crippen LogP contribution is -2.38. The van der Waals surface area contributed by atoms with Gasteiger partial charge in [-0.25, -0.2) is 13.2 Å². The topological polar surface area (TPSA) is 102 Å². The molecule has 7 nitrogen and oxygen atoms in total. The van der Waals surface area contributed by atoms with E-state index >= 15 is 0 Å². The second kappa shape index (κ2) is 8.89. The first-order valence-corrected chi connectivity index (χ1v) is 13.6. The first-order chi connectivity index (χ1) is 14.6. The number of fused-ring (bicyclic) bond motifs is 2. The lowest BCUT2D eigenvalue weighted by atomic mass is 10.2. The summed E-state index contributed by atoms with van der Waals surface area (Å²) in [4.78, 5) is 15.1. The minimum absolute atomic E-state index is 0.153. The van der Waals surface area contributed by atoms with Crippen LogP contribution in [0, 0.1) is 0 Å². The van der Waals surface area contributed by atoms with Gasteiger partial charge in [0.05, 0.1) is 26.9 Å². The van der Waals surface area contributed by atoms with Gasteiger partial charge in [-0.3, -0.25) is 0 Å². The molecule has 13 heteroatoms. The van der Waals surface area contributed by atoms with E-state index in [0.717, 1.165) is 30.1 Å². The van der Waals surface area contributed by atoms with Crippen LogP contribution in [0.4, 0.5) is 5.69 Å². The highest BCUT2D eigenvalue weighted by molar-refractivity contribution is 8.03. The van der Waals surface area contributed by atoms with Crippen molar-refractivity contribution in [2.45, 2.75) is 17.9 Å². The average molecular weight is 537 g/mol. The maximum absolute atomic E-state index is 11.4. The van der Waals surface area contributed by atoms with Crippen LogP contribution in [-0.4, -0.2) is 36.3 Å². The molecule has 0 spiro atoms. The summed E-state index contributed by atoms with van der Waals surface area (Å²) in [7, 11) is -4.32. The smallest absolute Gasteiger partial charge is 0.370 e. The first-order valence-electron chi connectivity index (χ1n) is 8.84. The number of thiophene rings is 1. The molecule has 0 radical (unpaired) electrons. The molecule has 0 unspecified atom stereocenters. The van der Waals surface area contributed by atoms with Crippen LogP contribution >= 0.6 is 57.6 Å². The summed E-state index contributed by atoms with van der Waals surface area (Å²) >= 11 is 16.5. The Kier molecular flexibility index (Phi) is 6.55. The highest BCUT2D eigenvalue weighted by atomic mass is 35.5. The predicted octanol–water partition coefficient (Wildman–Crippen LogP) is 4.49. The number of carboxylic acid groups (broad SMARTS) is 1. The van der Waals surface area contributed by atoms with E-state index < -0.39 is 21.8 Å². The number of rotatable bonds is 7. The Morgan fingerprint density at radius 2 is 2.03 bits per heavy atom. The number of anilines is 1. The highest BCUT2D eigenvalue weighted by Crippen LogP contribution is 2.48. The van der Waals surface area contributed by atoms with E-state index in [1.54, 1.807) is 22.8 Å². The SMILES string of the molecule is O=C(O)C[n+]1c(/C=C2\Sc3ccc(Cl)cc3N2CCCS(=O)(=O)[O-])sc2cc(Cl)sc21. The van der Waals surface area contributed by atoms with Gasteiger partial charge in [0.15, 0.2) is 0 Å². The molecule has 1 aliphatic rings. The molecule has 31 heavy (non-hydrogen) atoms. The Bertz CT molecular complexity index is 1320. The van der Waals surface area contributed by atoms with E-state index in [-0.39, 0.29) is 13.0 Å². The summed E-state index contributed by atoms with van der Waals surface area (Å²) in [5.74, 6) is -1.44. The van der Waals surface area contributed by atoms with E-state index in [4.69, 9.17) is 23.2 Å². The summed E-state index contributed by atoms with van der Waals surface area (Å²) in [5, 5.41) is 11.4. The lowest BCUT2D eigenvalue weighted by Gasteiger charge is -2.20. The number of aliphatic carboxylic acids is 1. The van der Waals surface area contributed by atoms with Crippen molar-refractivity contribution < 1.29 is 27.4 Å². The molecule has 1 aliphatic heterocycles. The number of halogens is 2. The first kappa shape index (κ1) is 22.8. The van der Waals surface area contributed by atoms with Crippen LogP contribution in [0.3, 0.4) is 0 Å². The van der Waals surface area contributed by atoms with Gasteiger partial charge in [-0.05, 0) is 30.7 Å². The number of aromatic nitrogens is 1. The second-order valence-corrected chi connectivity index (χ2v) is 12.4. The van der Waals surface area contributed by atoms with E-state index in [1.165, 1.54) is 34.4 Å². The molecule has 0 aliphatic carbocycles. The number of hydrogen-bond acceptors (Lipinski definition) is 8. The third-order valence-corrected chi connectivity index (χ3v) is 9.02. The average Bonchev–Trinajstić information content (AvgIpc) is 3.27. The number of thiazole rings is 1. The molecule has 3 aromatic rings. The maximum atomic E-state index is 11.4. The standard InChI is InChI=1S/C18H14Cl2N2O5S4/c19-10-2-3-12-11(6-10)21(4-1-5-31(25,26)27)15(28-12)8-16-22(9-17(23)24)18-13(29-16)7-14(20)30-18/h2-3,6-8H,1,4-5,9H2,(H-,23,24,25,26,27). The Morgan fingerprint density at radius 3 is 2.74 bits per heavy atom. The molecule has 0 saturated heterocycles. The van der Waals surface area contributed by atoms with Gasteiger partial charge in [-0.2, -0.15) is 4.57 Å². The van der Waals surface area contributed by atoms with Crippen molar-refractivity contribution in [3.05, 3.63) is 43.7 Å². The molecule has 3 heterocycles. The van der Waals surface area contributed by atoms with Crippen molar-refractivity contribution in [3.8, 4) is 0 Å². The molecule has 1 aromatic carbocycles. The normalized spacial score (nSPS) is 15.2. The fourth-order valence-corrected chi connectivity index (χ4v) is 7.61. The fourth-order valence-electron chi connectivity index (χ4n) is 3.18. The monoisotopic (exact) mass is 536 g/mol. The molecule has 0 saturated carbocycles. The molecule has 0 bridgehead atoms. The van der Waals surface area contributed by atoms with Gasteiger partial charge in [0.1, 0.15) is 9.04 Å². The maximum Gasteiger partial charge on any atom is 0.370 e. The van der Waals surface area contributed by atoms with Gasteiger partial charge < -0.3 is 14.6 Å². The minimum Gasteiger partial charge on any atom is -0.748 e. The zero-order valence-corrected chi connectivity index (χ0v) is 20.4. The predicted molar refractivity (Wildman–Crippen MR) is 124 cm³/mol. The third kappa shape index (κ3) is 5.19. The molecule has 0 fully saturated rings. The van der Waals surface area contributed by atoms with E-state index in [0.29, 0.717) is 15.9 Å². The number of carboxylic acids is 1. The molecule has 2 aromatic heterocycles. The lowest BCUT2D eigenvalue weighted by molar-refractivity contribution is -0.655. The van der Waals surface area contributed by atoms with Gasteiger partial charge in [-0.1, -0.05) is 57.6 Å². The number of carbonyl (C=O) groups is 1. The quantitative estimate of drug-likeness (QED) is 0.350. The zero-order chi connectivity index (χ0) is 22.3. The van der Waals surface area contributed by atoms with Crippen molar-refractivity contribution in [3.63, 3.8) is 0 Å². The van der Waals surface area contributed by atoms with Crippen molar-refractivity contribution in [2.75, 3.05) is 17.2 Å². The largest absolute Gasteiger partial charge is 0.748 e. The van der Waals surface area contributed by atoms with Crippen LogP contribution < -0.4 is 9.47 Å². The van der Waals surface area contributed by atoms with Gasteiger partial charge >= 0.3 is 5.97 Å². The summed E-state index contributed by atoms with van der Waals surface area (Å²) < 4.78 is 36.3. The number of nitrogens with zero attached hydrogens (tertiary/aromatic N) is 2. The Morgan fingerprint density at radius 1 is 1.26 bits per heavy atom. The molecule has 0 atom stereocenters. The van der Waals surface area contributed by atoms with Gasteiger partial charge in [-0.15, -0.1) is 0 Å². The van der Waals surface area contributed by atoms with Crippen LogP contribution in [0.5, 0.6) is 0 Å². The third-order valence-electron chi connectivity index (χ3n) is 4.38. The second-order valence-electron chi connectivity index (χ2n) is 6.60. The minimum atomic E-state index is -4.32. The Labute approximate surface area is 200 Å². The van der Waals surface area contributed by atoms with E-state index in [1.807, 2.05) is 17.0 Å². The molecule has 1 N–H and O–H groups in total. The molecule has 164 valence electrons. The number of benzene rings is 1. The van der Waals surface area contributed by atoms with E-state index in [2.05, 4.69) is 0 Å². The fraction of sp³-hybridized carbons (Fsp3) is 0.222. The Hall–Kier alpha value is -1.34. The van der Waals surface area contributed by atoms with Crippen molar-refractivity contribution >= 4 is 95.0 Å². The molecular weight excluding hydrogens is 523 g/mol. The van der Waals surface area contributed by atoms with Crippen LogP contribution in [0.15, 0.2) is 34.2 Å². The van der Waals surface area contributed by atoms with Gasteiger partial charge in [0.2, 0.25) is 6.54 Å². The molecule has 0 amide bonds. The zero-order valence-electron chi connectivity index (χ0n) is 15.6. The summed E-state index contributed by atoms with van der Waals surface area (Å²) in [6, 6.07) is 7.23. The summed E-state index contributed by atoms with van der Waals surface area (Å²) in [5.41, 5.74) is 0.818. The summed E-state index contributed by atoms with van der Waals surface area (Å²) in [6.07, 6.45) is 2.03. The number of hydrogen-bond donors (Lipinski definition) is 1. The van der Waals surface area contributed by atoms with Crippen LogP contribution in [0.25, 0.3) is 15.6 Å². The molecule has 4 rings (SSSR count). The van der Waals surface area contributed by atoms with E-state index in [9.17, 15) is 22.9 Å². The summed E-state index contributed by atoms with van der Waals surface area (Å²) in [6.45, 7) is 0.0893. The van der Waals surface area contributed by atoms with Crippen molar-refractivity contribution in [1.82, 2.24) is 0 Å². The van der Waals surface area contributed by atoms with Crippen LogP contribution in [0.1, 0.15) is 11.4 Å². The number of thioether (sulfide) groups is 1. The Balaban J connectivity index is 1.74. The highest BCUT2D eigenvalue weighted by Gasteiger charge is 2.29. The van der Waals surface area contributed by atoms with Gasteiger partial charge in [0.25, 0.3) is 9.84 Å². The van der Waals surface area contributed by atoms with Crippen LogP contribution in [0.2, 0.25) is 9.36 Å². The van der Waals surface area contributed by atoms with Gasteiger partial charge in [0, 0.05) is 22.2 Å². The van der Waals surface area contributed by atoms with Crippen molar-refractivity contribution in [1.29, 1.82) is 0 Å².